The van der Waals surface area contributed by atoms with Gasteiger partial charge in [0, 0.05) is 38.7 Å². The van der Waals surface area contributed by atoms with Crippen molar-refractivity contribution < 1.29 is 14.3 Å². The summed E-state index contributed by atoms with van der Waals surface area (Å²) in [6.07, 6.45) is 6.10. The summed E-state index contributed by atoms with van der Waals surface area (Å²) in [5, 5.41) is 0. The van der Waals surface area contributed by atoms with Gasteiger partial charge in [0.15, 0.2) is 0 Å². The minimum absolute atomic E-state index is 0.126. The number of carbonyl (C=O) groups excluding carboxylic acids is 2. The number of methoxy groups -OCH3 is 1. The lowest BCUT2D eigenvalue weighted by Crippen LogP contribution is -2.45. The molecule has 1 aliphatic heterocycles. The van der Waals surface area contributed by atoms with E-state index in [-0.39, 0.29) is 17.7 Å². The van der Waals surface area contributed by atoms with Crippen LogP contribution in [0.3, 0.4) is 0 Å². The van der Waals surface area contributed by atoms with Crippen molar-refractivity contribution >= 4 is 11.8 Å². The molecule has 2 saturated carbocycles. The highest BCUT2D eigenvalue weighted by atomic mass is 16.5. The zero-order valence-electron chi connectivity index (χ0n) is 20.0. The molecule has 0 radical (unpaired) electrons. The van der Waals surface area contributed by atoms with E-state index in [2.05, 4.69) is 30.3 Å². The van der Waals surface area contributed by atoms with Gasteiger partial charge in [0.25, 0.3) is 0 Å². The van der Waals surface area contributed by atoms with Crippen LogP contribution in [0.1, 0.15) is 37.7 Å². The van der Waals surface area contributed by atoms with Gasteiger partial charge >= 0.3 is 0 Å². The van der Waals surface area contributed by atoms with Crippen molar-refractivity contribution in [1.29, 1.82) is 0 Å². The van der Waals surface area contributed by atoms with Crippen LogP contribution in [-0.2, 0) is 16.0 Å². The van der Waals surface area contributed by atoms with Crippen LogP contribution >= 0.6 is 0 Å². The van der Waals surface area contributed by atoms with Gasteiger partial charge in [-0.25, -0.2) is 0 Å². The Morgan fingerprint density at radius 2 is 1.79 bits per heavy atom. The highest BCUT2D eigenvalue weighted by Crippen LogP contribution is 2.66. The largest absolute Gasteiger partial charge is 0.496 e. The predicted molar refractivity (Wildman–Crippen MR) is 129 cm³/mol. The van der Waals surface area contributed by atoms with Crippen LogP contribution in [0.2, 0.25) is 0 Å². The van der Waals surface area contributed by atoms with Crippen molar-refractivity contribution in [2.45, 2.75) is 38.5 Å². The van der Waals surface area contributed by atoms with Crippen molar-refractivity contribution in [3.05, 3.63) is 54.1 Å². The molecule has 2 aromatic rings. The minimum atomic E-state index is -0.549. The molecule has 33 heavy (non-hydrogen) atoms. The highest BCUT2D eigenvalue weighted by molar-refractivity contribution is 5.87. The third kappa shape index (κ3) is 3.81. The molecule has 0 N–H and O–H groups in total. The van der Waals surface area contributed by atoms with E-state index in [1.54, 1.807) is 12.0 Å². The van der Waals surface area contributed by atoms with Crippen molar-refractivity contribution in [2.24, 2.45) is 16.7 Å². The van der Waals surface area contributed by atoms with Crippen LogP contribution in [0.5, 0.6) is 5.75 Å². The van der Waals surface area contributed by atoms with E-state index in [0.29, 0.717) is 24.9 Å². The lowest BCUT2D eigenvalue weighted by atomic mass is 9.79. The van der Waals surface area contributed by atoms with Gasteiger partial charge in [-0.05, 0) is 54.7 Å². The molecule has 5 nitrogen and oxygen atoms in total. The van der Waals surface area contributed by atoms with Gasteiger partial charge in [-0.15, -0.1) is 0 Å². The molecule has 0 bridgehead atoms. The van der Waals surface area contributed by atoms with Gasteiger partial charge in [0.1, 0.15) is 5.75 Å². The molecule has 0 aromatic heterocycles. The summed E-state index contributed by atoms with van der Waals surface area (Å²) in [6.45, 7) is 1.22. The van der Waals surface area contributed by atoms with E-state index < -0.39 is 5.41 Å². The average molecular weight is 447 g/mol. The number of ether oxygens (including phenoxy) is 1. The molecule has 3 fully saturated rings. The van der Waals surface area contributed by atoms with Crippen LogP contribution < -0.4 is 4.74 Å². The monoisotopic (exact) mass is 446 g/mol. The average Bonchev–Trinajstić information content (AvgIpc) is 3.45. The van der Waals surface area contributed by atoms with Gasteiger partial charge < -0.3 is 14.5 Å². The Morgan fingerprint density at radius 3 is 2.39 bits per heavy atom. The Bertz CT molecular complexity index is 1060. The van der Waals surface area contributed by atoms with Crippen LogP contribution in [0.25, 0.3) is 11.1 Å². The van der Waals surface area contributed by atoms with Crippen LogP contribution in [0.4, 0.5) is 0 Å². The molecule has 2 aromatic carbocycles. The first kappa shape index (κ1) is 22.0. The number of nitrogens with zero attached hydrogens (tertiary/aromatic N) is 2. The van der Waals surface area contributed by atoms with Crippen molar-refractivity contribution in [3.63, 3.8) is 0 Å². The number of rotatable bonds is 6. The van der Waals surface area contributed by atoms with Gasteiger partial charge in [0.2, 0.25) is 11.8 Å². The quantitative estimate of drug-likeness (QED) is 0.661. The summed E-state index contributed by atoms with van der Waals surface area (Å²) in [7, 11) is 5.33. The highest BCUT2D eigenvalue weighted by Gasteiger charge is 2.62. The van der Waals surface area contributed by atoms with Gasteiger partial charge in [-0.2, -0.15) is 0 Å². The maximum atomic E-state index is 13.4. The Hall–Kier alpha value is -2.82. The van der Waals surface area contributed by atoms with Gasteiger partial charge in [-0.1, -0.05) is 48.9 Å². The Balaban J connectivity index is 1.34. The molecule has 1 saturated heterocycles. The normalized spacial score (nSPS) is 24.9. The molecule has 1 spiro atoms. The summed E-state index contributed by atoms with van der Waals surface area (Å²) in [5.74, 6) is 1.46. The molecule has 174 valence electrons. The number of likely N-dealkylation sites (tertiary alicyclic amines) is 1. The fourth-order valence-corrected chi connectivity index (χ4v) is 6.11. The molecule has 2 aliphatic carbocycles. The molecule has 5 heteroatoms. The van der Waals surface area contributed by atoms with Gasteiger partial charge in [0.05, 0.1) is 12.5 Å². The molecule has 2 unspecified atom stereocenters. The molecule has 2 atom stereocenters. The third-order valence-corrected chi connectivity index (χ3v) is 8.28. The van der Waals surface area contributed by atoms with Crippen LogP contribution in [-0.4, -0.2) is 55.9 Å². The Kier molecular flexibility index (Phi) is 5.46. The fraction of sp³-hybridized carbons (Fsp3) is 0.500. The number of hydrogen-bond donors (Lipinski definition) is 0. The first-order valence-corrected chi connectivity index (χ1v) is 12.1. The first-order chi connectivity index (χ1) is 15.9. The van der Waals surface area contributed by atoms with E-state index in [4.69, 9.17) is 4.74 Å². The third-order valence-electron chi connectivity index (χ3n) is 8.28. The van der Waals surface area contributed by atoms with Crippen molar-refractivity contribution in [3.8, 4) is 16.9 Å². The maximum absolute atomic E-state index is 13.4. The predicted octanol–water partition coefficient (Wildman–Crippen LogP) is 4.40. The van der Waals surface area contributed by atoms with Crippen molar-refractivity contribution in [2.75, 3.05) is 34.3 Å². The number of para-hydroxylation sites is 1. The summed E-state index contributed by atoms with van der Waals surface area (Å²) >= 11 is 0. The van der Waals surface area contributed by atoms with E-state index in [1.807, 2.05) is 37.2 Å². The first-order valence-electron chi connectivity index (χ1n) is 12.1. The maximum Gasteiger partial charge on any atom is 0.230 e. The summed E-state index contributed by atoms with van der Waals surface area (Å²) in [5.41, 5.74) is 3.04. The fourth-order valence-electron chi connectivity index (χ4n) is 6.11. The number of hydrogen-bond acceptors (Lipinski definition) is 3. The van der Waals surface area contributed by atoms with Gasteiger partial charge in [-0.3, -0.25) is 9.59 Å². The van der Waals surface area contributed by atoms with Crippen LogP contribution in [0, 0.1) is 16.7 Å². The second kappa shape index (κ2) is 8.19. The molecule has 1 heterocycles. The second-order valence-electron chi connectivity index (χ2n) is 10.5. The van der Waals surface area contributed by atoms with E-state index in [9.17, 15) is 9.59 Å². The van der Waals surface area contributed by atoms with E-state index in [0.717, 1.165) is 35.3 Å². The summed E-state index contributed by atoms with van der Waals surface area (Å²) in [6, 6.07) is 16.4. The van der Waals surface area contributed by atoms with E-state index in [1.165, 1.54) is 19.3 Å². The van der Waals surface area contributed by atoms with Crippen molar-refractivity contribution in [1.82, 2.24) is 9.80 Å². The molecule has 3 aliphatic rings. The standard InChI is InChI=1S/C28H34N2O3/c1-29(2)26(32)28(15-16-30(19-28)25(31)23-18-27(23)13-6-14-27)17-20-9-11-21(12-10-20)22-7-4-5-8-24(22)33-3/h4-5,7-12,23H,6,13-19H2,1-3H3. The molecule has 5 rings (SSSR count). The summed E-state index contributed by atoms with van der Waals surface area (Å²) in [4.78, 5) is 30.2. The zero-order valence-corrected chi connectivity index (χ0v) is 20.0. The molecule has 2 amide bonds. The Labute approximate surface area is 196 Å². The summed E-state index contributed by atoms with van der Waals surface area (Å²) < 4.78 is 5.51. The SMILES string of the molecule is COc1ccccc1-c1ccc(CC2(C(=O)N(C)C)CCN(C(=O)C3CC34CCC4)C2)cc1. The second-order valence-corrected chi connectivity index (χ2v) is 10.5. The lowest BCUT2D eigenvalue weighted by Gasteiger charge is -2.32. The minimum Gasteiger partial charge on any atom is -0.496 e. The van der Waals surface area contributed by atoms with E-state index >= 15 is 0 Å². The topological polar surface area (TPSA) is 49.9 Å². The molecular weight excluding hydrogens is 412 g/mol. The zero-order chi connectivity index (χ0) is 23.2. The number of benzene rings is 2. The lowest BCUT2D eigenvalue weighted by molar-refractivity contribution is -0.140. The van der Waals surface area contributed by atoms with Crippen LogP contribution in [0.15, 0.2) is 48.5 Å². The Morgan fingerprint density at radius 1 is 1.06 bits per heavy atom. The molecular formula is C28H34N2O3. The smallest absolute Gasteiger partial charge is 0.230 e. The number of amides is 2. The number of carbonyl (C=O) groups is 2.